The molecule has 4 atom stereocenters. The highest BCUT2D eigenvalue weighted by atomic mass is 28.4. The first-order valence-electron chi connectivity index (χ1n) is 12.7. The van der Waals surface area contributed by atoms with Gasteiger partial charge in [0, 0.05) is 0 Å². The maximum atomic E-state index is 9.52. The van der Waals surface area contributed by atoms with Crippen molar-refractivity contribution in [1.29, 1.82) is 0 Å². The molecule has 3 heteroatoms. The molecule has 0 saturated heterocycles. The summed E-state index contributed by atoms with van der Waals surface area (Å²) < 4.78 is 6.82. The summed E-state index contributed by atoms with van der Waals surface area (Å²) in [5.41, 5.74) is 6.46. The lowest BCUT2D eigenvalue weighted by Gasteiger charge is -2.50. The average Bonchev–Trinajstić information content (AvgIpc) is 3.03. The predicted octanol–water partition coefficient (Wildman–Crippen LogP) is 7.41. The zero-order valence-electron chi connectivity index (χ0n) is 21.0. The molecular formula is C28H44O2Si. The maximum Gasteiger partial charge on any atom is 0.250 e. The van der Waals surface area contributed by atoms with Crippen LogP contribution in [0.4, 0.5) is 0 Å². The molecule has 0 radical (unpaired) electrons. The van der Waals surface area contributed by atoms with Gasteiger partial charge in [-0.25, -0.2) is 0 Å². The van der Waals surface area contributed by atoms with Crippen molar-refractivity contribution >= 4 is 8.32 Å². The number of rotatable bonds is 4. The first-order chi connectivity index (χ1) is 14.5. The van der Waals surface area contributed by atoms with Crippen molar-refractivity contribution in [2.45, 2.75) is 104 Å². The van der Waals surface area contributed by atoms with Gasteiger partial charge in [-0.2, -0.15) is 0 Å². The van der Waals surface area contributed by atoms with Gasteiger partial charge in [-0.3, -0.25) is 0 Å². The van der Waals surface area contributed by atoms with E-state index >= 15 is 0 Å². The smallest absolute Gasteiger partial charge is 0.250 e. The fraction of sp³-hybridized carbons (Fsp3) is 0.714. The Kier molecular flexibility index (Phi) is 6.01. The molecule has 0 heterocycles. The summed E-state index contributed by atoms with van der Waals surface area (Å²) in [6.45, 7) is 16.7. The number of aliphatic hydroxyl groups is 1. The second kappa shape index (κ2) is 8.06. The Bertz CT molecular complexity index is 862. The minimum atomic E-state index is -1.84. The summed E-state index contributed by atoms with van der Waals surface area (Å²) in [6, 6.07) is 4.97. The van der Waals surface area contributed by atoms with Crippen molar-refractivity contribution in [1.82, 2.24) is 0 Å². The third kappa shape index (κ3) is 3.84. The highest BCUT2D eigenvalue weighted by Gasteiger charge is 2.52. The van der Waals surface area contributed by atoms with Crippen LogP contribution in [0.15, 0.2) is 23.8 Å². The van der Waals surface area contributed by atoms with Gasteiger partial charge < -0.3 is 9.53 Å². The first kappa shape index (κ1) is 23.1. The van der Waals surface area contributed by atoms with E-state index in [1.807, 2.05) is 0 Å². The number of aryl methyl sites for hydroxylation is 2. The van der Waals surface area contributed by atoms with E-state index in [0.717, 1.165) is 18.3 Å². The molecule has 0 aliphatic heterocycles. The van der Waals surface area contributed by atoms with Gasteiger partial charge in [0.15, 0.2) is 0 Å². The second-order valence-electron chi connectivity index (χ2n) is 12.2. The molecule has 4 unspecified atom stereocenters. The monoisotopic (exact) mass is 440 g/mol. The lowest BCUT2D eigenvalue weighted by Crippen LogP contribution is -2.44. The normalized spacial score (nSPS) is 31.9. The summed E-state index contributed by atoms with van der Waals surface area (Å²) in [7, 11) is -1.84. The molecular weight excluding hydrogens is 396 g/mol. The van der Waals surface area contributed by atoms with E-state index in [2.05, 4.69) is 65.9 Å². The third-order valence-corrected chi connectivity index (χ3v) is 14.0. The highest BCUT2D eigenvalue weighted by Crippen LogP contribution is 2.63. The lowest BCUT2D eigenvalue weighted by molar-refractivity contribution is 0.0809. The molecule has 172 valence electrons. The van der Waals surface area contributed by atoms with E-state index in [4.69, 9.17) is 4.43 Å². The molecule has 0 aromatic heterocycles. The highest BCUT2D eigenvalue weighted by molar-refractivity contribution is 6.74. The van der Waals surface area contributed by atoms with Gasteiger partial charge in [-0.15, -0.1) is 0 Å². The molecule has 31 heavy (non-hydrogen) atoms. The van der Waals surface area contributed by atoms with Crippen LogP contribution in [-0.4, -0.2) is 20.0 Å². The van der Waals surface area contributed by atoms with Crippen LogP contribution in [0.5, 0.6) is 5.75 Å². The fourth-order valence-electron chi connectivity index (χ4n) is 6.74. The Balaban J connectivity index is 1.66. The minimum Gasteiger partial charge on any atom is -0.543 e. The number of benzene rings is 1. The van der Waals surface area contributed by atoms with Crippen molar-refractivity contribution in [3.8, 4) is 5.75 Å². The minimum absolute atomic E-state index is 0.200. The van der Waals surface area contributed by atoms with Crippen LogP contribution >= 0.6 is 0 Å². The maximum absolute atomic E-state index is 9.52. The molecule has 3 aliphatic rings. The van der Waals surface area contributed by atoms with Crippen LogP contribution in [-0.2, 0) is 12.8 Å². The zero-order valence-corrected chi connectivity index (χ0v) is 22.0. The molecule has 1 aromatic carbocycles. The fourth-order valence-corrected chi connectivity index (χ4v) is 7.78. The van der Waals surface area contributed by atoms with Crippen molar-refractivity contribution < 1.29 is 9.53 Å². The Labute approximate surface area is 191 Å². The van der Waals surface area contributed by atoms with Crippen molar-refractivity contribution in [2.75, 3.05) is 6.61 Å². The van der Waals surface area contributed by atoms with E-state index in [1.54, 1.807) is 11.1 Å². The van der Waals surface area contributed by atoms with Crippen LogP contribution in [0.1, 0.15) is 89.3 Å². The van der Waals surface area contributed by atoms with Gasteiger partial charge in [0.05, 0.1) is 6.61 Å². The van der Waals surface area contributed by atoms with Gasteiger partial charge in [0.25, 0.3) is 0 Å². The predicted molar refractivity (Wildman–Crippen MR) is 133 cm³/mol. The van der Waals surface area contributed by atoms with Crippen LogP contribution < -0.4 is 4.43 Å². The van der Waals surface area contributed by atoms with Crippen LogP contribution in [0, 0.1) is 17.3 Å². The van der Waals surface area contributed by atoms with Gasteiger partial charge >= 0.3 is 0 Å². The van der Waals surface area contributed by atoms with E-state index in [-0.39, 0.29) is 11.6 Å². The molecule has 0 amide bonds. The summed E-state index contributed by atoms with van der Waals surface area (Å²) in [5.74, 6) is 3.46. The van der Waals surface area contributed by atoms with Crippen LogP contribution in [0.2, 0.25) is 18.1 Å². The quantitative estimate of drug-likeness (QED) is 0.390. The Morgan fingerprint density at radius 1 is 1.16 bits per heavy atom. The molecule has 0 spiro atoms. The second-order valence-corrected chi connectivity index (χ2v) is 16.9. The Morgan fingerprint density at radius 2 is 1.90 bits per heavy atom. The molecule has 0 bridgehead atoms. The van der Waals surface area contributed by atoms with Crippen molar-refractivity contribution in [3.63, 3.8) is 0 Å². The number of hydrogen-bond donors (Lipinski definition) is 1. The molecule has 2 nitrogen and oxygen atoms in total. The standard InChI is InChI=1S/C28H44O2Si/c1-8-19-17-24-20(18-26(19)30-31(6,7)27(2,3)4)9-11-23-22(24)13-15-28(5)21(14-16-29)10-12-25(23)28/h14,17-18,22-23,25,29H,8-13,15-16H2,1-7H3/b21-14+. The number of allylic oxidation sites excluding steroid dienone is 1. The molecule has 1 N–H and O–H groups in total. The number of hydrogen-bond acceptors (Lipinski definition) is 2. The zero-order chi connectivity index (χ0) is 22.6. The molecule has 1 aromatic rings. The van der Waals surface area contributed by atoms with Crippen molar-refractivity contribution in [2.24, 2.45) is 17.3 Å². The summed E-state index contributed by atoms with van der Waals surface area (Å²) in [5, 5.41) is 9.74. The summed E-state index contributed by atoms with van der Waals surface area (Å²) in [4.78, 5) is 0. The number of aliphatic hydroxyl groups excluding tert-OH is 1. The largest absolute Gasteiger partial charge is 0.543 e. The molecule has 4 rings (SSSR count). The van der Waals surface area contributed by atoms with Crippen molar-refractivity contribution in [3.05, 3.63) is 40.5 Å². The average molecular weight is 441 g/mol. The first-order valence-corrected chi connectivity index (χ1v) is 15.6. The van der Waals surface area contributed by atoms with E-state index in [1.165, 1.54) is 55.4 Å². The van der Waals surface area contributed by atoms with Gasteiger partial charge in [0.2, 0.25) is 8.32 Å². The lowest BCUT2D eigenvalue weighted by atomic mass is 9.55. The van der Waals surface area contributed by atoms with Gasteiger partial charge in [0.1, 0.15) is 5.75 Å². The SMILES string of the molecule is CCc1cc2c(cc1O[Si](C)(C)C(C)(C)C)CCC1C2CCC2(C)/C(=C/CO)CCC12. The van der Waals surface area contributed by atoms with Crippen LogP contribution in [0.3, 0.4) is 0 Å². The van der Waals surface area contributed by atoms with Gasteiger partial charge in [-0.05, 0) is 109 Å². The Morgan fingerprint density at radius 3 is 2.55 bits per heavy atom. The van der Waals surface area contributed by atoms with Crippen LogP contribution in [0.25, 0.3) is 0 Å². The molecule has 3 aliphatic carbocycles. The summed E-state index contributed by atoms with van der Waals surface area (Å²) in [6.07, 6.45) is 10.7. The van der Waals surface area contributed by atoms with E-state index in [9.17, 15) is 5.11 Å². The third-order valence-electron chi connectivity index (χ3n) is 9.64. The number of fused-ring (bicyclic) bond motifs is 5. The van der Waals surface area contributed by atoms with Gasteiger partial charge in [-0.1, -0.05) is 52.3 Å². The topological polar surface area (TPSA) is 29.5 Å². The summed E-state index contributed by atoms with van der Waals surface area (Å²) >= 11 is 0. The van der Waals surface area contributed by atoms with E-state index < -0.39 is 8.32 Å². The van der Waals surface area contributed by atoms with E-state index in [0.29, 0.717) is 11.3 Å². The molecule has 2 saturated carbocycles. The Hall–Kier alpha value is -1.06. The molecule has 2 fully saturated rings.